The van der Waals surface area contributed by atoms with Crippen LogP contribution in [0.4, 0.5) is 5.69 Å². The fourth-order valence-electron chi connectivity index (χ4n) is 1.96. The van der Waals surface area contributed by atoms with Crippen LogP contribution in [0.1, 0.15) is 5.56 Å². The molecular weight excluding hydrogens is 314 g/mol. The van der Waals surface area contributed by atoms with Crippen molar-refractivity contribution in [2.75, 3.05) is 14.2 Å². The minimum absolute atomic E-state index is 0.157. The smallest absolute Gasteiger partial charge is 0.336 e. The first-order chi connectivity index (χ1) is 11.5. The Kier molecular flexibility index (Phi) is 5.51. The molecule has 2 rings (SSSR count). The summed E-state index contributed by atoms with van der Waals surface area (Å²) in [5.74, 6) is -0.00677. The average molecular weight is 329 g/mol. The minimum Gasteiger partial charge on any atom is -0.496 e. The summed E-state index contributed by atoms with van der Waals surface area (Å²) in [7, 11) is 2.91. The summed E-state index contributed by atoms with van der Waals surface area (Å²) in [6.45, 7) is 0. The Balaban J connectivity index is 2.18. The van der Waals surface area contributed by atoms with Gasteiger partial charge in [0.25, 0.3) is 0 Å². The minimum atomic E-state index is -0.742. The number of esters is 1. The second kappa shape index (κ2) is 7.77. The Morgan fingerprint density at radius 2 is 1.83 bits per heavy atom. The molecule has 0 aliphatic rings. The van der Waals surface area contributed by atoms with E-state index in [9.17, 15) is 14.9 Å². The third kappa shape index (κ3) is 4.10. The van der Waals surface area contributed by atoms with Crippen LogP contribution in [-0.4, -0.2) is 25.1 Å². The summed E-state index contributed by atoms with van der Waals surface area (Å²) < 4.78 is 15.1. The lowest BCUT2D eigenvalue weighted by molar-refractivity contribution is -0.385. The highest BCUT2D eigenvalue weighted by atomic mass is 16.6. The van der Waals surface area contributed by atoms with E-state index in [0.717, 1.165) is 0 Å². The maximum absolute atomic E-state index is 11.9. The molecule has 24 heavy (non-hydrogen) atoms. The van der Waals surface area contributed by atoms with Crippen molar-refractivity contribution in [1.29, 1.82) is 0 Å². The first-order valence-corrected chi connectivity index (χ1v) is 6.90. The van der Waals surface area contributed by atoms with Gasteiger partial charge in [0.15, 0.2) is 0 Å². The number of benzene rings is 2. The van der Waals surface area contributed by atoms with Crippen LogP contribution in [0.3, 0.4) is 0 Å². The number of rotatable bonds is 6. The van der Waals surface area contributed by atoms with Crippen LogP contribution < -0.4 is 14.2 Å². The maximum Gasteiger partial charge on any atom is 0.336 e. The van der Waals surface area contributed by atoms with Gasteiger partial charge >= 0.3 is 11.7 Å². The third-order valence-electron chi connectivity index (χ3n) is 3.11. The maximum atomic E-state index is 11.9. The predicted molar refractivity (Wildman–Crippen MR) is 87.3 cm³/mol. The van der Waals surface area contributed by atoms with Gasteiger partial charge in [-0.25, -0.2) is 4.79 Å². The van der Waals surface area contributed by atoms with E-state index in [1.165, 1.54) is 44.6 Å². The Labute approximate surface area is 138 Å². The zero-order valence-electron chi connectivity index (χ0n) is 13.1. The number of carbonyl (C=O) groups excluding carboxylic acids is 1. The lowest BCUT2D eigenvalue weighted by Gasteiger charge is -2.05. The molecule has 0 atom stereocenters. The number of hydrogen-bond donors (Lipinski definition) is 0. The molecule has 0 fully saturated rings. The summed E-state index contributed by atoms with van der Waals surface area (Å²) in [6, 6.07) is 11.1. The second-order valence-corrected chi connectivity index (χ2v) is 4.59. The van der Waals surface area contributed by atoms with Crippen LogP contribution in [0.25, 0.3) is 6.08 Å². The van der Waals surface area contributed by atoms with Gasteiger partial charge in [-0.1, -0.05) is 18.2 Å². The molecule has 0 N–H and O–H groups in total. The fourth-order valence-corrected chi connectivity index (χ4v) is 1.96. The fraction of sp³-hybridized carbons (Fsp3) is 0.118. The number of para-hydroxylation sites is 1. The molecule has 0 bridgehead atoms. The van der Waals surface area contributed by atoms with Gasteiger partial charge < -0.3 is 14.2 Å². The van der Waals surface area contributed by atoms with E-state index in [-0.39, 0.29) is 11.4 Å². The molecule has 0 spiro atoms. The first kappa shape index (κ1) is 17.0. The van der Waals surface area contributed by atoms with Gasteiger partial charge in [-0.05, 0) is 24.3 Å². The van der Waals surface area contributed by atoms with E-state index in [0.29, 0.717) is 17.1 Å². The van der Waals surface area contributed by atoms with Gasteiger partial charge in [-0.3, -0.25) is 10.1 Å². The SMILES string of the molecule is COc1ccc(OC(=O)/C=C/c2ccccc2OC)c([N+](=O)[O-])c1. The molecule has 0 saturated carbocycles. The molecule has 0 aliphatic carbocycles. The van der Waals surface area contributed by atoms with Crippen molar-refractivity contribution in [3.63, 3.8) is 0 Å². The zero-order valence-corrected chi connectivity index (χ0v) is 13.1. The second-order valence-electron chi connectivity index (χ2n) is 4.59. The summed E-state index contributed by atoms with van der Waals surface area (Å²) in [5.41, 5.74) is 0.328. The molecule has 0 aliphatic heterocycles. The molecule has 0 radical (unpaired) electrons. The Bertz CT molecular complexity index is 784. The van der Waals surface area contributed by atoms with E-state index in [1.54, 1.807) is 24.3 Å². The zero-order chi connectivity index (χ0) is 17.5. The molecule has 0 aromatic heterocycles. The van der Waals surface area contributed by atoms with Gasteiger partial charge in [0.05, 0.1) is 25.2 Å². The largest absolute Gasteiger partial charge is 0.496 e. The van der Waals surface area contributed by atoms with Crippen molar-refractivity contribution in [2.45, 2.75) is 0 Å². The summed E-state index contributed by atoms with van der Waals surface area (Å²) in [5, 5.41) is 11.1. The summed E-state index contributed by atoms with van der Waals surface area (Å²) >= 11 is 0. The van der Waals surface area contributed by atoms with Gasteiger partial charge in [0.1, 0.15) is 11.5 Å². The van der Waals surface area contributed by atoms with Crippen molar-refractivity contribution in [3.8, 4) is 17.2 Å². The molecule has 124 valence electrons. The van der Waals surface area contributed by atoms with Crippen molar-refractivity contribution in [1.82, 2.24) is 0 Å². The molecule has 0 amide bonds. The molecular formula is C17H15NO6. The predicted octanol–water partition coefficient (Wildman–Crippen LogP) is 3.23. The van der Waals surface area contributed by atoms with Crippen LogP contribution in [0, 0.1) is 10.1 Å². The van der Waals surface area contributed by atoms with Crippen molar-refractivity contribution in [2.24, 2.45) is 0 Å². The first-order valence-electron chi connectivity index (χ1n) is 6.90. The highest BCUT2D eigenvalue weighted by molar-refractivity contribution is 5.89. The number of methoxy groups -OCH3 is 2. The molecule has 7 heteroatoms. The number of nitrogens with zero attached hydrogens (tertiary/aromatic N) is 1. The van der Waals surface area contributed by atoms with E-state index >= 15 is 0 Å². The lowest BCUT2D eigenvalue weighted by Crippen LogP contribution is -2.06. The lowest BCUT2D eigenvalue weighted by atomic mass is 10.2. The number of hydrogen-bond acceptors (Lipinski definition) is 6. The Hall–Kier alpha value is -3.35. The Morgan fingerprint density at radius 3 is 2.50 bits per heavy atom. The number of nitro groups is 1. The van der Waals surface area contributed by atoms with Crippen molar-refractivity contribution >= 4 is 17.7 Å². The summed E-state index contributed by atoms with van der Waals surface area (Å²) in [4.78, 5) is 22.3. The van der Waals surface area contributed by atoms with Crippen molar-refractivity contribution in [3.05, 3.63) is 64.2 Å². The van der Waals surface area contributed by atoms with Crippen LogP contribution in [0.15, 0.2) is 48.5 Å². The highest BCUT2D eigenvalue weighted by Gasteiger charge is 2.18. The van der Waals surface area contributed by atoms with Crippen LogP contribution in [-0.2, 0) is 4.79 Å². The summed E-state index contributed by atoms with van der Waals surface area (Å²) in [6.07, 6.45) is 2.68. The topological polar surface area (TPSA) is 87.9 Å². The quantitative estimate of drug-likeness (QED) is 0.266. The van der Waals surface area contributed by atoms with E-state index in [4.69, 9.17) is 14.2 Å². The van der Waals surface area contributed by atoms with Gasteiger partial charge in [-0.2, -0.15) is 0 Å². The van der Waals surface area contributed by atoms with Gasteiger partial charge in [0, 0.05) is 11.6 Å². The van der Waals surface area contributed by atoms with Crippen LogP contribution >= 0.6 is 0 Å². The van der Waals surface area contributed by atoms with E-state index in [2.05, 4.69) is 0 Å². The third-order valence-corrected chi connectivity index (χ3v) is 3.11. The molecule has 2 aromatic carbocycles. The number of nitro benzene ring substituents is 1. The molecule has 2 aromatic rings. The number of ether oxygens (including phenoxy) is 3. The standard InChI is InChI=1S/C17H15NO6/c1-22-13-8-9-16(14(11-13)18(20)21)24-17(19)10-7-12-5-3-4-6-15(12)23-2/h3-11H,1-2H3/b10-7+. The van der Waals surface area contributed by atoms with E-state index in [1.807, 2.05) is 0 Å². The monoisotopic (exact) mass is 329 g/mol. The van der Waals surface area contributed by atoms with Crippen molar-refractivity contribution < 1.29 is 23.9 Å². The average Bonchev–Trinajstić information content (AvgIpc) is 2.60. The van der Waals surface area contributed by atoms with E-state index < -0.39 is 10.9 Å². The molecule has 7 nitrogen and oxygen atoms in total. The molecule has 0 heterocycles. The van der Waals surface area contributed by atoms with Gasteiger partial charge in [-0.15, -0.1) is 0 Å². The van der Waals surface area contributed by atoms with Crippen LogP contribution in [0.2, 0.25) is 0 Å². The molecule has 0 saturated heterocycles. The van der Waals surface area contributed by atoms with Crippen LogP contribution in [0.5, 0.6) is 17.2 Å². The highest BCUT2D eigenvalue weighted by Crippen LogP contribution is 2.31. The number of carbonyl (C=O) groups is 1. The molecule has 0 unspecified atom stereocenters. The van der Waals surface area contributed by atoms with Gasteiger partial charge in [0.2, 0.25) is 5.75 Å². The Morgan fingerprint density at radius 1 is 1.08 bits per heavy atom. The normalized spacial score (nSPS) is 10.4.